The van der Waals surface area contributed by atoms with Crippen LogP contribution in [-0.2, 0) is 4.74 Å². The fraction of sp³-hybridized carbons (Fsp3) is 0.682. The van der Waals surface area contributed by atoms with Crippen LogP contribution in [0.5, 0.6) is 11.9 Å². The number of ether oxygens (including phenoxy) is 3. The number of hydrogen-bond acceptors (Lipinski definition) is 8. The number of fused-ring (bicyclic) bond motifs is 3. The quantitative estimate of drug-likeness (QED) is 0.603. The van der Waals surface area contributed by atoms with Gasteiger partial charge >= 0.3 is 6.01 Å². The molecular formula is C22H26ClF2N5O3. The van der Waals surface area contributed by atoms with Crippen molar-refractivity contribution in [3.8, 4) is 11.9 Å². The van der Waals surface area contributed by atoms with Crippen LogP contribution >= 0.6 is 11.6 Å². The van der Waals surface area contributed by atoms with Gasteiger partial charge in [0.1, 0.15) is 29.5 Å². The van der Waals surface area contributed by atoms with Crippen molar-refractivity contribution in [1.29, 1.82) is 0 Å². The molecule has 3 aliphatic heterocycles. The van der Waals surface area contributed by atoms with Gasteiger partial charge in [-0.2, -0.15) is 15.0 Å². The van der Waals surface area contributed by atoms with E-state index in [1.54, 1.807) is 0 Å². The minimum absolute atomic E-state index is 0.00443. The normalized spacial score (nSPS) is 31.4. The van der Waals surface area contributed by atoms with Crippen LogP contribution in [0.4, 0.5) is 14.6 Å². The molecule has 2 unspecified atom stereocenters. The van der Waals surface area contributed by atoms with Gasteiger partial charge in [0, 0.05) is 26.1 Å². The van der Waals surface area contributed by atoms with Gasteiger partial charge in [-0.1, -0.05) is 11.6 Å². The Morgan fingerprint density at radius 2 is 2.12 bits per heavy atom. The summed E-state index contributed by atoms with van der Waals surface area (Å²) in [5, 5.41) is 0.0414. The number of methoxy groups -OCH3 is 1. The Morgan fingerprint density at radius 1 is 1.24 bits per heavy atom. The van der Waals surface area contributed by atoms with E-state index in [4.69, 9.17) is 30.8 Å². The molecule has 2 aromatic rings. The van der Waals surface area contributed by atoms with Crippen LogP contribution in [0.2, 0.25) is 5.15 Å². The zero-order chi connectivity index (χ0) is 22.7. The van der Waals surface area contributed by atoms with Crippen LogP contribution in [0.25, 0.3) is 10.9 Å². The van der Waals surface area contributed by atoms with Crippen LogP contribution in [0.1, 0.15) is 32.1 Å². The number of rotatable bonds is 5. The summed E-state index contributed by atoms with van der Waals surface area (Å²) in [5.41, 5.74) is -0.355. The third-order valence-electron chi connectivity index (χ3n) is 7.34. The maximum absolute atomic E-state index is 15.1. The Morgan fingerprint density at radius 3 is 2.97 bits per heavy atom. The molecule has 3 saturated heterocycles. The molecule has 0 aromatic carbocycles. The molecule has 4 fully saturated rings. The number of anilines is 1. The number of pyridine rings is 1. The van der Waals surface area contributed by atoms with E-state index < -0.39 is 12.0 Å². The molecule has 0 amide bonds. The molecule has 8 nitrogen and oxygen atoms in total. The highest BCUT2D eigenvalue weighted by molar-refractivity contribution is 6.30. The Kier molecular flexibility index (Phi) is 5.23. The number of halogens is 3. The number of nitrogens with zero attached hydrogens (tertiary/aromatic N) is 5. The maximum Gasteiger partial charge on any atom is 0.319 e. The van der Waals surface area contributed by atoms with E-state index in [1.165, 1.54) is 7.11 Å². The van der Waals surface area contributed by atoms with Gasteiger partial charge in [-0.25, -0.2) is 8.78 Å². The lowest BCUT2D eigenvalue weighted by molar-refractivity contribution is 0.107. The van der Waals surface area contributed by atoms with Gasteiger partial charge < -0.3 is 19.1 Å². The van der Waals surface area contributed by atoms with Crippen LogP contribution in [0.3, 0.4) is 0 Å². The second-order valence-electron chi connectivity index (χ2n) is 9.40. The molecule has 4 aliphatic rings. The van der Waals surface area contributed by atoms with Crippen molar-refractivity contribution in [2.75, 3.05) is 44.9 Å². The summed E-state index contributed by atoms with van der Waals surface area (Å²) in [7, 11) is 1.46. The molecular weight excluding hydrogens is 456 g/mol. The summed E-state index contributed by atoms with van der Waals surface area (Å²) >= 11 is 6.04. The van der Waals surface area contributed by atoms with Gasteiger partial charge in [-0.3, -0.25) is 4.90 Å². The van der Waals surface area contributed by atoms with Crippen LogP contribution < -0.4 is 14.4 Å². The standard InChI is InChI=1S/C22H26ClF2N5O3/c1-31-20-15-17(16(25)18(23)27-20)26-21(28-19(15)30-6-3-7-32-14-8-13(14)30)33-11-22-4-2-5-29(22)10-12(24)9-22/h12-14H,2-11H2,1H3/t12-,13?,14?,22+/m1/s1. The van der Waals surface area contributed by atoms with Crippen molar-refractivity contribution in [3.63, 3.8) is 0 Å². The predicted molar refractivity (Wildman–Crippen MR) is 118 cm³/mol. The molecule has 0 spiro atoms. The van der Waals surface area contributed by atoms with Gasteiger partial charge in [0.25, 0.3) is 0 Å². The van der Waals surface area contributed by atoms with E-state index in [2.05, 4.69) is 19.8 Å². The second-order valence-corrected chi connectivity index (χ2v) is 9.76. The van der Waals surface area contributed by atoms with E-state index in [-0.39, 0.29) is 46.9 Å². The highest BCUT2D eigenvalue weighted by atomic mass is 35.5. The molecule has 178 valence electrons. The summed E-state index contributed by atoms with van der Waals surface area (Å²) in [6.45, 7) is 2.91. The summed E-state index contributed by atoms with van der Waals surface area (Å²) in [5.74, 6) is -0.0786. The number of hydrogen-bond donors (Lipinski definition) is 0. The Balaban J connectivity index is 1.42. The summed E-state index contributed by atoms with van der Waals surface area (Å²) in [4.78, 5) is 17.4. The van der Waals surface area contributed by atoms with E-state index in [9.17, 15) is 4.39 Å². The van der Waals surface area contributed by atoms with Crippen LogP contribution in [0.15, 0.2) is 0 Å². The SMILES string of the molecule is COc1nc(Cl)c(F)c2nc(OC[C@@]34CCCN3C[C@H](F)C4)nc(N3CCCOC4CC43)c12. The minimum Gasteiger partial charge on any atom is -0.480 e. The zero-order valence-corrected chi connectivity index (χ0v) is 19.2. The van der Waals surface area contributed by atoms with Gasteiger partial charge in [0.15, 0.2) is 11.0 Å². The van der Waals surface area contributed by atoms with Crippen molar-refractivity contribution in [2.24, 2.45) is 0 Å². The predicted octanol–water partition coefficient (Wildman–Crippen LogP) is 3.15. The fourth-order valence-corrected chi connectivity index (χ4v) is 5.88. The summed E-state index contributed by atoms with van der Waals surface area (Å²) in [6.07, 6.45) is 3.25. The lowest BCUT2D eigenvalue weighted by Crippen LogP contribution is -2.43. The third kappa shape index (κ3) is 3.57. The lowest BCUT2D eigenvalue weighted by Gasteiger charge is -2.31. The molecule has 6 rings (SSSR count). The van der Waals surface area contributed by atoms with Crippen LogP contribution in [-0.4, -0.2) is 83.7 Å². The molecule has 0 radical (unpaired) electrons. The summed E-state index contributed by atoms with van der Waals surface area (Å²) in [6, 6.07) is 0.194. The molecule has 1 saturated carbocycles. The Labute approximate surface area is 195 Å². The second kappa shape index (κ2) is 8.02. The fourth-order valence-electron chi connectivity index (χ4n) is 5.71. The smallest absolute Gasteiger partial charge is 0.319 e. The average Bonchev–Trinajstić information content (AvgIpc) is 3.41. The lowest BCUT2D eigenvalue weighted by atomic mass is 9.95. The van der Waals surface area contributed by atoms with Gasteiger partial charge in [-0.05, 0) is 32.2 Å². The highest BCUT2D eigenvalue weighted by Crippen LogP contribution is 2.43. The van der Waals surface area contributed by atoms with E-state index in [0.717, 1.165) is 32.2 Å². The van der Waals surface area contributed by atoms with Crippen molar-refractivity contribution < 1.29 is 23.0 Å². The first-order chi connectivity index (χ1) is 16.0. The van der Waals surface area contributed by atoms with Gasteiger partial charge in [-0.15, -0.1) is 0 Å². The first kappa shape index (κ1) is 21.5. The average molecular weight is 482 g/mol. The van der Waals surface area contributed by atoms with Crippen molar-refractivity contribution in [3.05, 3.63) is 11.0 Å². The van der Waals surface area contributed by atoms with Crippen LogP contribution in [0, 0.1) is 5.82 Å². The number of alkyl halides is 1. The molecule has 2 aromatic heterocycles. The van der Waals surface area contributed by atoms with Gasteiger partial charge in [0.05, 0.1) is 24.8 Å². The van der Waals surface area contributed by atoms with Crippen molar-refractivity contribution in [2.45, 2.75) is 56.0 Å². The first-order valence-corrected chi connectivity index (χ1v) is 11.9. The van der Waals surface area contributed by atoms with E-state index in [0.29, 0.717) is 37.3 Å². The van der Waals surface area contributed by atoms with E-state index >= 15 is 4.39 Å². The minimum atomic E-state index is -0.863. The highest BCUT2D eigenvalue weighted by Gasteiger charge is 2.50. The Hall–Kier alpha value is -2.04. The zero-order valence-electron chi connectivity index (χ0n) is 18.4. The first-order valence-electron chi connectivity index (χ1n) is 11.5. The van der Waals surface area contributed by atoms with Crippen molar-refractivity contribution in [1.82, 2.24) is 19.9 Å². The monoisotopic (exact) mass is 481 g/mol. The molecule has 0 N–H and O–H groups in total. The third-order valence-corrected chi connectivity index (χ3v) is 7.59. The topological polar surface area (TPSA) is 72.8 Å². The maximum atomic E-state index is 15.1. The molecule has 0 bridgehead atoms. The molecule has 4 atom stereocenters. The van der Waals surface area contributed by atoms with E-state index in [1.807, 2.05) is 0 Å². The molecule has 1 aliphatic carbocycles. The largest absolute Gasteiger partial charge is 0.480 e. The molecule has 5 heterocycles. The van der Waals surface area contributed by atoms with Gasteiger partial charge in [0.2, 0.25) is 5.88 Å². The van der Waals surface area contributed by atoms with Crippen molar-refractivity contribution >= 4 is 28.3 Å². The number of aromatic nitrogens is 3. The summed E-state index contributed by atoms with van der Waals surface area (Å²) < 4.78 is 46.7. The molecule has 33 heavy (non-hydrogen) atoms. The molecule has 11 heteroatoms. The Bertz CT molecular complexity index is 1090.